The highest BCUT2D eigenvalue weighted by molar-refractivity contribution is 7.32. The smallest absolute Gasteiger partial charge is 0.316 e. The van der Waals surface area contributed by atoms with Crippen LogP contribution in [0.4, 0.5) is 0 Å². The Balaban J connectivity index is 3.37. The maximum atomic E-state index is 10.1. The van der Waals surface area contributed by atoms with E-state index in [1.54, 1.807) is 6.92 Å². The van der Waals surface area contributed by atoms with Crippen molar-refractivity contribution in [2.24, 2.45) is 0 Å². The standard InChI is InChI=1S/C5H14BO4P/c1-4(10-5(2)6)3-9-11(7)8/h4-5,11H,3,6H2,1-2H3,(H,7,8)/t4-,5+/m0/s1. The summed E-state index contributed by atoms with van der Waals surface area (Å²) in [6.07, 6.45) is -0.129. The zero-order valence-electron chi connectivity index (χ0n) is 7.03. The van der Waals surface area contributed by atoms with Gasteiger partial charge in [0.25, 0.3) is 0 Å². The second kappa shape index (κ2) is 5.78. The number of hydrogen-bond donors (Lipinski definition) is 1. The average Bonchev–Trinajstić information content (AvgIpc) is 1.82. The van der Waals surface area contributed by atoms with Crippen LogP contribution in [0.1, 0.15) is 13.8 Å². The highest BCUT2D eigenvalue weighted by Crippen LogP contribution is 2.15. The van der Waals surface area contributed by atoms with Gasteiger partial charge in [-0.1, -0.05) is 0 Å². The van der Waals surface area contributed by atoms with E-state index in [9.17, 15) is 4.57 Å². The van der Waals surface area contributed by atoms with E-state index >= 15 is 0 Å². The van der Waals surface area contributed by atoms with Gasteiger partial charge in [0.2, 0.25) is 0 Å². The summed E-state index contributed by atoms with van der Waals surface area (Å²) < 4.78 is 19.8. The Kier molecular flexibility index (Phi) is 5.87. The van der Waals surface area contributed by atoms with Crippen molar-refractivity contribution < 1.29 is 18.7 Å². The first-order chi connectivity index (χ1) is 5.02. The molecule has 0 amide bonds. The van der Waals surface area contributed by atoms with Gasteiger partial charge in [0, 0.05) is 6.00 Å². The molecule has 1 unspecified atom stereocenters. The lowest BCUT2D eigenvalue weighted by atomic mass is 10.0. The van der Waals surface area contributed by atoms with Gasteiger partial charge in [-0.2, -0.15) is 0 Å². The Morgan fingerprint density at radius 1 is 1.64 bits per heavy atom. The third-order valence-electron chi connectivity index (χ3n) is 0.946. The molecule has 0 aromatic carbocycles. The first kappa shape index (κ1) is 11.2. The van der Waals surface area contributed by atoms with Crippen molar-refractivity contribution in [2.45, 2.75) is 26.0 Å². The first-order valence-electron chi connectivity index (χ1n) is 3.53. The predicted octanol–water partition coefficient (Wildman–Crippen LogP) is -0.231. The van der Waals surface area contributed by atoms with Gasteiger partial charge >= 0.3 is 8.25 Å². The van der Waals surface area contributed by atoms with Gasteiger partial charge in [0.15, 0.2) is 0 Å². The number of rotatable bonds is 5. The molecule has 0 saturated heterocycles. The summed E-state index contributed by atoms with van der Waals surface area (Å²) in [4.78, 5) is 8.30. The molecule has 0 aromatic rings. The summed E-state index contributed by atoms with van der Waals surface area (Å²) in [5.74, 6) is 0. The van der Waals surface area contributed by atoms with Crippen LogP contribution >= 0.6 is 8.25 Å². The number of hydrogen-bond acceptors (Lipinski definition) is 3. The van der Waals surface area contributed by atoms with E-state index in [4.69, 9.17) is 9.63 Å². The van der Waals surface area contributed by atoms with Crippen LogP contribution in [0.5, 0.6) is 0 Å². The lowest BCUT2D eigenvalue weighted by molar-refractivity contribution is 0.0199. The van der Waals surface area contributed by atoms with Crippen LogP contribution in [0.15, 0.2) is 0 Å². The molecule has 0 aliphatic heterocycles. The van der Waals surface area contributed by atoms with E-state index in [2.05, 4.69) is 4.52 Å². The summed E-state index contributed by atoms with van der Waals surface area (Å²) in [5, 5.41) is 0. The molecule has 3 atom stereocenters. The third kappa shape index (κ3) is 8.08. The Morgan fingerprint density at radius 3 is 2.55 bits per heavy atom. The van der Waals surface area contributed by atoms with Crippen LogP contribution in [-0.4, -0.2) is 31.5 Å². The Labute approximate surface area is 68.3 Å². The van der Waals surface area contributed by atoms with Gasteiger partial charge in [-0.15, -0.1) is 0 Å². The fourth-order valence-electron chi connectivity index (χ4n) is 0.693. The van der Waals surface area contributed by atoms with Crippen LogP contribution in [0.3, 0.4) is 0 Å². The van der Waals surface area contributed by atoms with Crippen molar-refractivity contribution in [3.05, 3.63) is 0 Å². The molecule has 0 aliphatic carbocycles. The van der Waals surface area contributed by atoms with E-state index in [0.717, 1.165) is 0 Å². The van der Waals surface area contributed by atoms with Crippen molar-refractivity contribution in [3.63, 3.8) is 0 Å². The lowest BCUT2D eigenvalue weighted by Gasteiger charge is -2.14. The summed E-state index contributed by atoms with van der Waals surface area (Å²) in [6.45, 7) is 3.87. The molecule has 6 heteroatoms. The fourth-order valence-corrected chi connectivity index (χ4v) is 1.07. The van der Waals surface area contributed by atoms with Gasteiger partial charge in [-0.05, 0) is 13.8 Å². The molecule has 0 heterocycles. The molecule has 66 valence electrons. The topological polar surface area (TPSA) is 55.8 Å². The molecular weight excluding hydrogens is 166 g/mol. The van der Waals surface area contributed by atoms with Crippen LogP contribution in [0.2, 0.25) is 0 Å². The highest BCUT2D eigenvalue weighted by Gasteiger charge is 2.05. The van der Waals surface area contributed by atoms with Gasteiger partial charge in [-0.3, -0.25) is 4.57 Å². The molecule has 0 bridgehead atoms. The van der Waals surface area contributed by atoms with Crippen molar-refractivity contribution in [1.82, 2.24) is 0 Å². The molecule has 0 rings (SSSR count). The van der Waals surface area contributed by atoms with E-state index in [-0.39, 0.29) is 18.7 Å². The van der Waals surface area contributed by atoms with Crippen LogP contribution in [-0.2, 0) is 13.8 Å². The number of ether oxygens (including phenoxy) is 1. The van der Waals surface area contributed by atoms with E-state index < -0.39 is 8.25 Å². The zero-order valence-corrected chi connectivity index (χ0v) is 8.03. The normalized spacial score (nSPS) is 19.2. The van der Waals surface area contributed by atoms with Crippen LogP contribution < -0.4 is 0 Å². The van der Waals surface area contributed by atoms with E-state index in [1.807, 2.05) is 14.8 Å². The van der Waals surface area contributed by atoms with Gasteiger partial charge in [0.1, 0.15) is 7.85 Å². The molecule has 0 saturated carbocycles. The molecule has 1 N–H and O–H groups in total. The fraction of sp³-hybridized carbons (Fsp3) is 1.00. The Hall–Kier alpha value is 0.175. The van der Waals surface area contributed by atoms with Crippen molar-refractivity contribution in [2.75, 3.05) is 6.61 Å². The summed E-state index contributed by atoms with van der Waals surface area (Å²) >= 11 is 0. The molecule has 0 radical (unpaired) electrons. The summed E-state index contributed by atoms with van der Waals surface area (Å²) in [5.41, 5.74) is 0. The third-order valence-corrected chi connectivity index (χ3v) is 1.36. The lowest BCUT2D eigenvalue weighted by Crippen LogP contribution is -2.20. The molecule has 0 spiro atoms. The molecule has 0 aromatic heterocycles. The van der Waals surface area contributed by atoms with Gasteiger partial charge < -0.3 is 14.2 Å². The van der Waals surface area contributed by atoms with Crippen LogP contribution in [0.25, 0.3) is 0 Å². The van der Waals surface area contributed by atoms with Crippen LogP contribution in [0, 0.1) is 0 Å². The van der Waals surface area contributed by atoms with Crippen molar-refractivity contribution in [1.29, 1.82) is 0 Å². The maximum absolute atomic E-state index is 10.1. The molecule has 0 fully saturated rings. The summed E-state index contributed by atoms with van der Waals surface area (Å²) in [7, 11) is -0.894. The Morgan fingerprint density at radius 2 is 2.18 bits per heavy atom. The zero-order chi connectivity index (χ0) is 8.85. The monoisotopic (exact) mass is 180 g/mol. The largest absolute Gasteiger partial charge is 0.382 e. The van der Waals surface area contributed by atoms with Crippen molar-refractivity contribution >= 4 is 16.1 Å². The Bertz CT molecular complexity index is 130. The van der Waals surface area contributed by atoms with E-state index in [0.29, 0.717) is 0 Å². The minimum absolute atomic E-state index is 0.120. The molecule has 0 aliphatic rings. The second-order valence-corrected chi connectivity index (χ2v) is 3.39. The molecular formula is C5H14BO4P. The van der Waals surface area contributed by atoms with Gasteiger partial charge in [0.05, 0.1) is 12.7 Å². The average molecular weight is 180 g/mol. The maximum Gasteiger partial charge on any atom is 0.316 e. The second-order valence-electron chi connectivity index (χ2n) is 2.57. The van der Waals surface area contributed by atoms with Crippen molar-refractivity contribution in [3.8, 4) is 0 Å². The minimum atomic E-state index is -2.79. The SMILES string of the molecule is B[C@@H](C)O[C@@H](C)CO[PH](=O)O. The van der Waals surface area contributed by atoms with E-state index in [1.165, 1.54) is 0 Å². The summed E-state index contributed by atoms with van der Waals surface area (Å²) in [6, 6.07) is 0.120. The minimum Gasteiger partial charge on any atom is -0.382 e. The quantitative estimate of drug-likeness (QED) is 0.468. The molecule has 4 nitrogen and oxygen atoms in total. The highest BCUT2D eigenvalue weighted by atomic mass is 31.1. The predicted molar refractivity (Wildman–Crippen MR) is 45.7 cm³/mol. The van der Waals surface area contributed by atoms with Gasteiger partial charge in [-0.25, -0.2) is 0 Å². The first-order valence-corrected chi connectivity index (χ1v) is 4.80. The molecule has 11 heavy (non-hydrogen) atoms.